The highest BCUT2D eigenvalue weighted by atomic mass is 32.2. The highest BCUT2D eigenvalue weighted by molar-refractivity contribution is 7.99. The molecule has 0 radical (unpaired) electrons. The molecule has 0 unspecified atom stereocenters. The third-order valence-corrected chi connectivity index (χ3v) is 6.08. The van der Waals surface area contributed by atoms with Gasteiger partial charge in [-0.3, -0.25) is 19.3 Å². The van der Waals surface area contributed by atoms with Crippen LogP contribution in [0.5, 0.6) is 0 Å². The smallest absolute Gasteiger partial charge is 0.261 e. The van der Waals surface area contributed by atoms with E-state index in [1.807, 2.05) is 54.6 Å². The maximum absolute atomic E-state index is 12.4. The van der Waals surface area contributed by atoms with E-state index < -0.39 is 0 Å². The molecule has 1 N–H and O–H groups in total. The van der Waals surface area contributed by atoms with Crippen LogP contribution in [0.3, 0.4) is 0 Å². The van der Waals surface area contributed by atoms with Gasteiger partial charge in [0.25, 0.3) is 11.8 Å². The van der Waals surface area contributed by atoms with Crippen molar-refractivity contribution in [3.8, 4) is 0 Å². The fraction of sp³-hybridized carbons (Fsp3) is 0.160. The Morgan fingerprint density at radius 2 is 1.52 bits per heavy atom. The molecule has 0 saturated carbocycles. The van der Waals surface area contributed by atoms with Crippen LogP contribution in [-0.2, 0) is 11.2 Å². The lowest BCUT2D eigenvalue weighted by Gasteiger charge is -2.13. The van der Waals surface area contributed by atoms with Gasteiger partial charge in [-0.25, -0.2) is 0 Å². The van der Waals surface area contributed by atoms with E-state index in [-0.39, 0.29) is 17.7 Å². The fourth-order valence-electron chi connectivity index (χ4n) is 3.50. The summed E-state index contributed by atoms with van der Waals surface area (Å²) >= 11 is 1.63. The molecule has 3 aromatic carbocycles. The SMILES string of the molecule is O=C(Cc1ccccc1)Nc1cccc(SCCCN2C(=O)c3ccccc3C2=O)c1. The van der Waals surface area contributed by atoms with E-state index >= 15 is 0 Å². The van der Waals surface area contributed by atoms with Crippen LogP contribution in [0.15, 0.2) is 83.8 Å². The molecule has 3 aromatic rings. The van der Waals surface area contributed by atoms with Crippen molar-refractivity contribution in [2.45, 2.75) is 17.7 Å². The maximum atomic E-state index is 12.4. The Balaban J connectivity index is 1.26. The number of carbonyl (C=O) groups is 3. The first-order valence-corrected chi connectivity index (χ1v) is 11.1. The number of rotatable bonds is 8. The quantitative estimate of drug-likeness (QED) is 0.321. The second-order valence-electron chi connectivity index (χ2n) is 7.25. The van der Waals surface area contributed by atoms with Gasteiger partial charge in [-0.2, -0.15) is 0 Å². The number of imide groups is 1. The number of carbonyl (C=O) groups excluding carboxylic acids is 3. The van der Waals surface area contributed by atoms with Gasteiger partial charge in [0.1, 0.15) is 0 Å². The van der Waals surface area contributed by atoms with Crippen LogP contribution in [-0.4, -0.2) is 34.9 Å². The standard InChI is InChI=1S/C25H22N2O3S/c28-23(16-18-8-2-1-3-9-18)26-19-10-6-11-20(17-19)31-15-7-14-27-24(29)21-12-4-5-13-22(21)25(27)30/h1-6,8-13,17H,7,14-16H2,(H,26,28). The lowest BCUT2D eigenvalue weighted by molar-refractivity contribution is -0.115. The summed E-state index contributed by atoms with van der Waals surface area (Å²) in [5.41, 5.74) is 2.70. The first kappa shape index (κ1) is 20.9. The van der Waals surface area contributed by atoms with Crippen LogP contribution in [0.2, 0.25) is 0 Å². The lowest BCUT2D eigenvalue weighted by Crippen LogP contribution is -2.30. The zero-order valence-corrected chi connectivity index (χ0v) is 17.7. The van der Waals surface area contributed by atoms with Gasteiger partial charge < -0.3 is 5.32 Å². The molecule has 4 rings (SSSR count). The summed E-state index contributed by atoms with van der Waals surface area (Å²) in [6.07, 6.45) is 1.03. The number of hydrogen-bond acceptors (Lipinski definition) is 4. The van der Waals surface area contributed by atoms with Gasteiger partial charge in [-0.1, -0.05) is 48.5 Å². The van der Waals surface area contributed by atoms with Crippen molar-refractivity contribution in [2.75, 3.05) is 17.6 Å². The first-order valence-electron chi connectivity index (χ1n) is 10.1. The summed E-state index contributed by atoms with van der Waals surface area (Å²) in [7, 11) is 0. The average molecular weight is 431 g/mol. The molecule has 1 heterocycles. The molecular formula is C25H22N2O3S. The van der Waals surface area contributed by atoms with E-state index in [0.717, 1.165) is 21.9 Å². The molecule has 0 saturated heterocycles. The molecule has 6 heteroatoms. The van der Waals surface area contributed by atoms with Gasteiger partial charge >= 0.3 is 0 Å². The molecule has 156 valence electrons. The molecule has 0 fully saturated rings. The Kier molecular flexibility index (Phi) is 6.48. The number of amides is 3. The van der Waals surface area contributed by atoms with E-state index in [2.05, 4.69) is 5.32 Å². The highest BCUT2D eigenvalue weighted by Crippen LogP contribution is 2.25. The Hall–Kier alpha value is -3.38. The first-order chi connectivity index (χ1) is 15.1. The van der Waals surface area contributed by atoms with E-state index in [0.29, 0.717) is 30.5 Å². The molecule has 1 aliphatic rings. The van der Waals surface area contributed by atoms with Gasteiger partial charge in [-0.15, -0.1) is 11.8 Å². The van der Waals surface area contributed by atoms with E-state index in [9.17, 15) is 14.4 Å². The minimum absolute atomic E-state index is 0.0565. The molecule has 5 nitrogen and oxygen atoms in total. The number of nitrogens with one attached hydrogen (secondary N) is 1. The summed E-state index contributed by atoms with van der Waals surface area (Å²) in [5, 5.41) is 2.94. The minimum atomic E-state index is -0.214. The largest absolute Gasteiger partial charge is 0.326 e. The predicted octanol–water partition coefficient (Wildman–Crippen LogP) is 4.65. The van der Waals surface area contributed by atoms with Gasteiger partial charge in [0, 0.05) is 17.1 Å². The van der Waals surface area contributed by atoms with Gasteiger partial charge in [0.2, 0.25) is 5.91 Å². The van der Waals surface area contributed by atoms with Gasteiger partial charge in [-0.05, 0) is 48.1 Å². The summed E-state index contributed by atoms with van der Waals surface area (Å²) < 4.78 is 0. The van der Waals surface area contributed by atoms with Crippen molar-refractivity contribution in [3.05, 3.63) is 95.6 Å². The van der Waals surface area contributed by atoms with Crippen molar-refractivity contribution in [2.24, 2.45) is 0 Å². The molecule has 3 amide bonds. The van der Waals surface area contributed by atoms with Gasteiger partial charge in [0.05, 0.1) is 17.5 Å². The van der Waals surface area contributed by atoms with Crippen LogP contribution < -0.4 is 5.32 Å². The third-order valence-electron chi connectivity index (χ3n) is 5.00. The Morgan fingerprint density at radius 1 is 0.839 bits per heavy atom. The Morgan fingerprint density at radius 3 is 2.23 bits per heavy atom. The van der Waals surface area contributed by atoms with E-state index in [4.69, 9.17) is 0 Å². The monoisotopic (exact) mass is 430 g/mol. The normalized spacial score (nSPS) is 12.7. The minimum Gasteiger partial charge on any atom is -0.326 e. The summed E-state index contributed by atoms with van der Waals surface area (Å²) in [4.78, 5) is 39.4. The summed E-state index contributed by atoms with van der Waals surface area (Å²) in [5.74, 6) is 0.274. The van der Waals surface area contributed by atoms with Crippen molar-refractivity contribution in [1.29, 1.82) is 0 Å². The van der Waals surface area contributed by atoms with E-state index in [1.165, 1.54) is 4.90 Å². The average Bonchev–Trinajstić information content (AvgIpc) is 3.02. The van der Waals surface area contributed by atoms with Crippen LogP contribution in [0, 0.1) is 0 Å². The second kappa shape index (κ2) is 9.62. The van der Waals surface area contributed by atoms with Gasteiger partial charge in [0.15, 0.2) is 0 Å². The van der Waals surface area contributed by atoms with Crippen molar-refractivity contribution in [1.82, 2.24) is 4.90 Å². The number of hydrogen-bond donors (Lipinski definition) is 1. The molecule has 31 heavy (non-hydrogen) atoms. The fourth-order valence-corrected chi connectivity index (χ4v) is 4.40. The van der Waals surface area contributed by atoms with Crippen molar-refractivity contribution < 1.29 is 14.4 Å². The zero-order chi connectivity index (χ0) is 21.6. The van der Waals surface area contributed by atoms with Crippen molar-refractivity contribution >= 4 is 35.2 Å². The number of benzene rings is 3. The zero-order valence-electron chi connectivity index (χ0n) is 16.9. The van der Waals surface area contributed by atoms with Crippen molar-refractivity contribution in [3.63, 3.8) is 0 Å². The van der Waals surface area contributed by atoms with Crippen LogP contribution in [0.25, 0.3) is 0 Å². The third kappa shape index (κ3) is 5.03. The number of nitrogens with zero attached hydrogens (tertiary/aromatic N) is 1. The molecule has 0 atom stereocenters. The highest BCUT2D eigenvalue weighted by Gasteiger charge is 2.34. The predicted molar refractivity (Wildman–Crippen MR) is 122 cm³/mol. The molecular weight excluding hydrogens is 408 g/mol. The Bertz CT molecular complexity index is 1080. The molecule has 0 bridgehead atoms. The van der Waals surface area contributed by atoms with Crippen LogP contribution in [0.1, 0.15) is 32.7 Å². The summed E-state index contributed by atoms with van der Waals surface area (Å²) in [6.45, 7) is 0.396. The topological polar surface area (TPSA) is 66.5 Å². The molecule has 0 aromatic heterocycles. The molecule has 1 aliphatic heterocycles. The number of thioether (sulfide) groups is 1. The lowest BCUT2D eigenvalue weighted by atomic mass is 10.1. The van der Waals surface area contributed by atoms with Crippen LogP contribution >= 0.6 is 11.8 Å². The molecule has 0 spiro atoms. The maximum Gasteiger partial charge on any atom is 0.261 e. The number of anilines is 1. The second-order valence-corrected chi connectivity index (χ2v) is 8.42. The molecule has 0 aliphatic carbocycles. The van der Waals surface area contributed by atoms with Crippen LogP contribution in [0.4, 0.5) is 5.69 Å². The van der Waals surface area contributed by atoms with E-state index in [1.54, 1.807) is 36.0 Å². The summed E-state index contributed by atoms with van der Waals surface area (Å²) in [6, 6.07) is 24.3. The number of fused-ring (bicyclic) bond motifs is 1. The Labute approximate surface area is 185 Å².